The fraction of sp³-hybridized carbons (Fsp3) is 0.421. The summed E-state index contributed by atoms with van der Waals surface area (Å²) in [6, 6.07) is 12.0. The summed E-state index contributed by atoms with van der Waals surface area (Å²) >= 11 is 0. The minimum Gasteiger partial charge on any atom is -0.366 e. The summed E-state index contributed by atoms with van der Waals surface area (Å²) in [7, 11) is -3.28. The molecule has 0 atom stereocenters. The van der Waals surface area contributed by atoms with Gasteiger partial charge in [-0.15, -0.1) is 0 Å². The van der Waals surface area contributed by atoms with Crippen molar-refractivity contribution in [1.29, 1.82) is 0 Å². The van der Waals surface area contributed by atoms with Crippen molar-refractivity contribution in [3.8, 4) is 0 Å². The van der Waals surface area contributed by atoms with E-state index in [-0.39, 0.29) is 10.9 Å². The molecule has 1 aromatic heterocycles. The van der Waals surface area contributed by atoms with Crippen LogP contribution in [0.15, 0.2) is 47.5 Å². The largest absolute Gasteiger partial charge is 0.366 e. The molecule has 1 aromatic carbocycles. The summed E-state index contributed by atoms with van der Waals surface area (Å²) in [4.78, 5) is 6.96. The van der Waals surface area contributed by atoms with Gasteiger partial charge in [0.05, 0.1) is 0 Å². The molecule has 25 heavy (non-hydrogen) atoms. The second-order valence-corrected chi connectivity index (χ2v) is 8.73. The van der Waals surface area contributed by atoms with Crippen LogP contribution in [0.1, 0.15) is 24.0 Å². The first-order chi connectivity index (χ1) is 11.9. The summed E-state index contributed by atoms with van der Waals surface area (Å²) in [5.41, 5.74) is 2.70. The molecule has 2 aromatic rings. The summed E-state index contributed by atoms with van der Waals surface area (Å²) in [5.74, 6) is 0.474. The van der Waals surface area contributed by atoms with Crippen molar-refractivity contribution in [1.82, 2.24) is 9.88 Å². The lowest BCUT2D eigenvalue weighted by molar-refractivity contribution is 0.211. The first-order valence-electron chi connectivity index (χ1n) is 8.62. The third-order valence-electron chi connectivity index (χ3n) is 4.75. The third-order valence-corrected chi connectivity index (χ3v) is 5.88. The van der Waals surface area contributed by atoms with Crippen molar-refractivity contribution in [2.75, 3.05) is 24.7 Å². The Labute approximate surface area is 150 Å². The molecule has 0 unspecified atom stereocenters. The lowest BCUT2D eigenvalue weighted by Gasteiger charge is -2.33. The average molecular weight is 359 g/mol. The maximum Gasteiger partial charge on any atom is 0.179 e. The number of sulfone groups is 1. The molecule has 0 bridgehead atoms. The Morgan fingerprint density at radius 3 is 2.56 bits per heavy atom. The van der Waals surface area contributed by atoms with Crippen molar-refractivity contribution < 1.29 is 8.42 Å². The number of pyridine rings is 1. The van der Waals surface area contributed by atoms with Crippen molar-refractivity contribution >= 4 is 15.7 Å². The number of piperidine rings is 1. The molecule has 1 N–H and O–H groups in total. The molecule has 0 amide bonds. The van der Waals surface area contributed by atoms with E-state index < -0.39 is 9.84 Å². The van der Waals surface area contributed by atoms with Crippen molar-refractivity contribution in [3.63, 3.8) is 0 Å². The van der Waals surface area contributed by atoms with Gasteiger partial charge >= 0.3 is 0 Å². The summed E-state index contributed by atoms with van der Waals surface area (Å²) in [6.45, 7) is 5.11. The fourth-order valence-electron chi connectivity index (χ4n) is 3.26. The first kappa shape index (κ1) is 17.9. The molecule has 1 aliphatic heterocycles. The lowest BCUT2D eigenvalue weighted by atomic mass is 10.0. The van der Waals surface area contributed by atoms with Gasteiger partial charge in [0.25, 0.3) is 0 Å². The molecule has 0 spiro atoms. The van der Waals surface area contributed by atoms with Gasteiger partial charge in [-0.2, -0.15) is 0 Å². The number of likely N-dealkylation sites (tertiary alicyclic amines) is 1. The van der Waals surface area contributed by atoms with Crippen LogP contribution < -0.4 is 5.32 Å². The molecule has 2 heterocycles. The van der Waals surface area contributed by atoms with Crippen LogP contribution in [0.25, 0.3) is 0 Å². The van der Waals surface area contributed by atoms with Crippen LogP contribution in [0.4, 0.5) is 5.82 Å². The number of anilines is 1. The Bertz CT molecular complexity index is 828. The number of hydrogen-bond acceptors (Lipinski definition) is 5. The highest BCUT2D eigenvalue weighted by atomic mass is 32.2. The van der Waals surface area contributed by atoms with Crippen LogP contribution in [-0.2, 0) is 16.4 Å². The molecule has 134 valence electrons. The second kappa shape index (κ2) is 7.54. The predicted molar refractivity (Wildman–Crippen MR) is 100 cm³/mol. The number of nitrogens with zero attached hydrogens (tertiary/aromatic N) is 2. The minimum absolute atomic E-state index is 0.253. The molecule has 0 aliphatic carbocycles. The number of nitrogens with one attached hydrogen (secondary N) is 1. The molecule has 0 radical (unpaired) electrons. The number of hydrogen-bond donors (Lipinski definition) is 1. The number of benzene rings is 1. The van der Waals surface area contributed by atoms with E-state index in [0.717, 1.165) is 32.5 Å². The van der Waals surface area contributed by atoms with Crippen molar-refractivity contribution in [2.24, 2.45) is 0 Å². The lowest BCUT2D eigenvalue weighted by Crippen LogP contribution is -2.39. The minimum atomic E-state index is -3.28. The van der Waals surface area contributed by atoms with Crippen LogP contribution >= 0.6 is 0 Å². The Balaban J connectivity index is 1.60. The van der Waals surface area contributed by atoms with Crippen LogP contribution in [0.5, 0.6) is 0 Å². The highest BCUT2D eigenvalue weighted by molar-refractivity contribution is 7.90. The Morgan fingerprint density at radius 1 is 1.16 bits per heavy atom. The van der Waals surface area contributed by atoms with Crippen LogP contribution in [-0.4, -0.2) is 43.7 Å². The highest BCUT2D eigenvalue weighted by Gasteiger charge is 2.22. The smallest absolute Gasteiger partial charge is 0.179 e. The molecule has 1 aliphatic rings. The quantitative estimate of drug-likeness (QED) is 0.889. The van der Waals surface area contributed by atoms with E-state index in [9.17, 15) is 8.42 Å². The molecular weight excluding hydrogens is 334 g/mol. The van der Waals surface area contributed by atoms with E-state index in [4.69, 9.17) is 0 Å². The average Bonchev–Trinajstić information content (AvgIpc) is 2.58. The second-order valence-electron chi connectivity index (χ2n) is 6.74. The van der Waals surface area contributed by atoms with E-state index in [1.165, 1.54) is 17.4 Å². The molecule has 0 saturated carbocycles. The molecular formula is C19H25N3O2S. The Morgan fingerprint density at radius 2 is 1.88 bits per heavy atom. The number of rotatable bonds is 5. The maximum atomic E-state index is 11.9. The number of aromatic nitrogens is 1. The summed E-state index contributed by atoms with van der Waals surface area (Å²) in [6.07, 6.45) is 4.81. The summed E-state index contributed by atoms with van der Waals surface area (Å²) < 4.78 is 23.8. The predicted octanol–water partition coefficient (Wildman–Crippen LogP) is 2.87. The Kier molecular flexibility index (Phi) is 5.39. The fourth-order valence-corrected chi connectivity index (χ4v) is 4.04. The van der Waals surface area contributed by atoms with Crippen LogP contribution in [0, 0.1) is 6.92 Å². The zero-order valence-electron chi connectivity index (χ0n) is 14.8. The van der Waals surface area contributed by atoms with Gasteiger partial charge in [0.15, 0.2) is 9.84 Å². The maximum absolute atomic E-state index is 11.9. The van der Waals surface area contributed by atoms with E-state index in [0.29, 0.717) is 5.82 Å². The molecule has 1 fully saturated rings. The standard InChI is InChI=1S/C19H25N3O2S/c1-15-6-3-4-7-16(15)14-22-12-9-17(10-13-22)21-19-18(25(2,23)24)8-5-11-20-19/h3-8,11,17H,9-10,12-14H2,1-2H3,(H,20,21). The normalized spacial score (nSPS) is 16.7. The van der Waals surface area contributed by atoms with Crippen molar-refractivity contribution in [2.45, 2.75) is 37.2 Å². The number of aryl methyl sites for hydroxylation is 1. The monoisotopic (exact) mass is 359 g/mol. The van der Waals surface area contributed by atoms with E-state index in [1.54, 1.807) is 18.3 Å². The van der Waals surface area contributed by atoms with Gasteiger partial charge in [-0.25, -0.2) is 13.4 Å². The molecule has 5 nitrogen and oxygen atoms in total. The van der Waals surface area contributed by atoms with Gasteiger partial charge in [-0.3, -0.25) is 4.90 Å². The van der Waals surface area contributed by atoms with Gasteiger partial charge in [0, 0.05) is 38.1 Å². The Hall–Kier alpha value is -1.92. The highest BCUT2D eigenvalue weighted by Crippen LogP contribution is 2.22. The van der Waals surface area contributed by atoms with E-state index >= 15 is 0 Å². The van der Waals surface area contributed by atoms with E-state index in [1.807, 2.05) is 0 Å². The third kappa shape index (κ3) is 4.58. The van der Waals surface area contributed by atoms with Crippen LogP contribution in [0.3, 0.4) is 0 Å². The van der Waals surface area contributed by atoms with Crippen molar-refractivity contribution in [3.05, 3.63) is 53.7 Å². The van der Waals surface area contributed by atoms with Gasteiger partial charge in [0.1, 0.15) is 10.7 Å². The zero-order valence-corrected chi connectivity index (χ0v) is 15.6. The molecule has 6 heteroatoms. The van der Waals surface area contributed by atoms with Gasteiger partial charge in [0.2, 0.25) is 0 Å². The SMILES string of the molecule is Cc1ccccc1CN1CCC(Nc2ncccc2S(C)(=O)=O)CC1. The van der Waals surface area contributed by atoms with Crippen LogP contribution in [0.2, 0.25) is 0 Å². The van der Waals surface area contributed by atoms with Gasteiger partial charge in [-0.1, -0.05) is 24.3 Å². The first-order valence-corrected chi connectivity index (χ1v) is 10.5. The van der Waals surface area contributed by atoms with Gasteiger partial charge < -0.3 is 5.32 Å². The molecule has 3 rings (SSSR count). The van der Waals surface area contributed by atoms with Gasteiger partial charge in [-0.05, 0) is 43.0 Å². The summed E-state index contributed by atoms with van der Waals surface area (Å²) in [5, 5.41) is 3.33. The zero-order chi connectivity index (χ0) is 17.9. The topological polar surface area (TPSA) is 62.3 Å². The van der Waals surface area contributed by atoms with E-state index in [2.05, 4.69) is 46.4 Å². The molecule has 1 saturated heterocycles.